The van der Waals surface area contributed by atoms with Gasteiger partial charge in [-0.15, -0.1) is 0 Å². The quantitative estimate of drug-likeness (QED) is 0.164. The molecule has 0 saturated carbocycles. The maximum Gasteiger partial charge on any atom is 0.127 e. The van der Waals surface area contributed by atoms with Crippen molar-refractivity contribution >= 4 is 0 Å². The average molecular weight is 541 g/mol. The highest BCUT2D eigenvalue weighted by Crippen LogP contribution is 2.46. The van der Waals surface area contributed by atoms with E-state index in [4.69, 9.17) is 15.3 Å². The van der Waals surface area contributed by atoms with Gasteiger partial charge in [0.1, 0.15) is 23.0 Å². The molecule has 0 amide bonds. The molecule has 6 heteroatoms. The van der Waals surface area contributed by atoms with Crippen LogP contribution in [0.1, 0.15) is 90.1 Å². The van der Waals surface area contributed by atoms with Crippen molar-refractivity contribution in [2.24, 2.45) is 0 Å². The summed E-state index contributed by atoms with van der Waals surface area (Å²) in [7, 11) is 1.61. The van der Waals surface area contributed by atoms with Crippen molar-refractivity contribution in [2.45, 2.75) is 92.4 Å². The largest absolute Gasteiger partial charge is 0.508 e. The van der Waals surface area contributed by atoms with Crippen LogP contribution in [0.2, 0.25) is 0 Å². The van der Waals surface area contributed by atoms with Crippen LogP contribution in [-0.2, 0) is 16.2 Å². The second-order valence-corrected chi connectivity index (χ2v) is 13.1. The second kappa shape index (κ2) is 12.8. The Morgan fingerprint density at radius 3 is 1.36 bits per heavy atom. The van der Waals surface area contributed by atoms with Gasteiger partial charge in [0.05, 0.1) is 7.11 Å². The number of phenolic OH excluding ortho intramolecular Hbond substituents is 3. The minimum atomic E-state index is -0.250. The molecule has 0 aromatic heterocycles. The summed E-state index contributed by atoms with van der Waals surface area (Å²) in [4.78, 5) is 0. The molecule has 0 fully saturated rings. The minimum absolute atomic E-state index is 0.0239. The number of rotatable bonds is 2. The third-order valence-electron chi connectivity index (χ3n) is 6.44. The number of phenols is 3. The first-order valence-corrected chi connectivity index (χ1v) is 13.0. The zero-order valence-corrected chi connectivity index (χ0v) is 25.7. The van der Waals surface area contributed by atoms with Crippen molar-refractivity contribution in [1.29, 1.82) is 0 Å². The van der Waals surface area contributed by atoms with Crippen molar-refractivity contribution in [2.75, 3.05) is 7.11 Å². The molecule has 3 rings (SSSR count). The van der Waals surface area contributed by atoms with Crippen LogP contribution in [0, 0.1) is 13.8 Å². The van der Waals surface area contributed by atoms with E-state index in [0.29, 0.717) is 22.6 Å². The SMILES string of the molecule is COc1cc(-c2cc(C)cc(C(C)(C)C)c2O)c(O)c(C(C)(C)C)c1.Cc1ccc(O)c(C(C)(C)C)c1.OO. The lowest BCUT2D eigenvalue weighted by Gasteiger charge is -2.26. The Morgan fingerprint density at radius 1 is 0.538 bits per heavy atom. The lowest BCUT2D eigenvalue weighted by molar-refractivity contribution is -0.176. The van der Waals surface area contributed by atoms with Crippen molar-refractivity contribution in [3.05, 3.63) is 70.3 Å². The summed E-state index contributed by atoms with van der Waals surface area (Å²) in [5.41, 5.74) is 5.70. The van der Waals surface area contributed by atoms with E-state index in [0.717, 1.165) is 22.3 Å². The smallest absolute Gasteiger partial charge is 0.127 e. The van der Waals surface area contributed by atoms with Crippen LogP contribution in [0.5, 0.6) is 23.0 Å². The number of aromatic hydroxyl groups is 3. The molecule has 0 heterocycles. The first kappa shape index (κ1) is 33.8. The fraction of sp³-hybridized carbons (Fsp3) is 0.455. The molecular weight excluding hydrogens is 492 g/mol. The van der Waals surface area contributed by atoms with E-state index in [2.05, 4.69) is 41.5 Å². The number of aryl methyl sites for hydroxylation is 2. The summed E-state index contributed by atoms with van der Waals surface area (Å²) < 4.78 is 5.44. The number of benzene rings is 3. The maximum atomic E-state index is 10.9. The Bertz CT molecular complexity index is 1260. The summed E-state index contributed by atoms with van der Waals surface area (Å²) in [6, 6.07) is 13.3. The lowest BCUT2D eigenvalue weighted by Crippen LogP contribution is -2.13. The molecule has 3 aromatic rings. The zero-order chi connectivity index (χ0) is 30.5. The van der Waals surface area contributed by atoms with E-state index < -0.39 is 0 Å². The molecule has 216 valence electrons. The fourth-order valence-corrected chi connectivity index (χ4v) is 4.31. The molecule has 0 saturated heterocycles. The highest BCUT2D eigenvalue weighted by molar-refractivity contribution is 5.80. The van der Waals surface area contributed by atoms with Crippen LogP contribution < -0.4 is 4.74 Å². The van der Waals surface area contributed by atoms with E-state index >= 15 is 0 Å². The summed E-state index contributed by atoms with van der Waals surface area (Å²) in [5, 5.41) is 43.4. The van der Waals surface area contributed by atoms with Crippen LogP contribution in [0.4, 0.5) is 0 Å². The van der Waals surface area contributed by atoms with Crippen LogP contribution >= 0.6 is 0 Å². The fourth-order valence-electron chi connectivity index (χ4n) is 4.31. The molecule has 0 aliphatic rings. The van der Waals surface area contributed by atoms with Crippen molar-refractivity contribution < 1.29 is 30.6 Å². The number of ether oxygens (including phenoxy) is 1. The molecule has 0 unspecified atom stereocenters. The molecule has 0 spiro atoms. The zero-order valence-electron chi connectivity index (χ0n) is 25.7. The Morgan fingerprint density at radius 2 is 0.949 bits per heavy atom. The summed E-state index contributed by atoms with van der Waals surface area (Å²) in [5.74, 6) is 1.46. The number of hydrogen-bond donors (Lipinski definition) is 5. The van der Waals surface area contributed by atoms with Crippen molar-refractivity contribution in [3.63, 3.8) is 0 Å². The van der Waals surface area contributed by atoms with Gasteiger partial charge in [0.25, 0.3) is 0 Å². The van der Waals surface area contributed by atoms with Gasteiger partial charge in [0.15, 0.2) is 0 Å². The average Bonchev–Trinajstić information content (AvgIpc) is 2.82. The van der Waals surface area contributed by atoms with E-state index in [-0.39, 0.29) is 27.7 Å². The molecule has 0 aliphatic carbocycles. The van der Waals surface area contributed by atoms with E-state index in [1.54, 1.807) is 19.2 Å². The Hall–Kier alpha value is -3.22. The molecule has 3 aromatic carbocycles. The number of methoxy groups -OCH3 is 1. The molecule has 0 atom stereocenters. The van der Waals surface area contributed by atoms with Crippen molar-refractivity contribution in [1.82, 2.24) is 0 Å². The van der Waals surface area contributed by atoms with Gasteiger partial charge < -0.3 is 20.1 Å². The Kier molecular flexibility index (Phi) is 11.1. The van der Waals surface area contributed by atoms with Gasteiger partial charge in [-0.3, -0.25) is 10.5 Å². The first-order chi connectivity index (χ1) is 17.8. The summed E-state index contributed by atoms with van der Waals surface area (Å²) in [6.45, 7) is 22.7. The second-order valence-electron chi connectivity index (χ2n) is 13.1. The van der Waals surface area contributed by atoms with Gasteiger partial charge in [0.2, 0.25) is 0 Å². The van der Waals surface area contributed by atoms with E-state index in [1.165, 1.54) is 5.56 Å². The van der Waals surface area contributed by atoms with Crippen LogP contribution in [0.15, 0.2) is 42.5 Å². The number of hydrogen-bond acceptors (Lipinski definition) is 6. The molecular formula is C33H48O6. The van der Waals surface area contributed by atoms with Gasteiger partial charge in [-0.25, -0.2) is 0 Å². The highest BCUT2D eigenvalue weighted by Gasteiger charge is 2.26. The van der Waals surface area contributed by atoms with E-state index in [1.807, 2.05) is 65.0 Å². The van der Waals surface area contributed by atoms with Crippen molar-refractivity contribution in [3.8, 4) is 34.1 Å². The first-order valence-electron chi connectivity index (χ1n) is 13.0. The molecule has 5 N–H and O–H groups in total. The Balaban J connectivity index is 0.000000454. The van der Waals surface area contributed by atoms with Gasteiger partial charge in [0, 0.05) is 22.3 Å². The summed E-state index contributed by atoms with van der Waals surface area (Å²) >= 11 is 0. The molecule has 0 aliphatic heterocycles. The van der Waals surface area contributed by atoms with Gasteiger partial charge >= 0.3 is 0 Å². The van der Waals surface area contributed by atoms with Crippen LogP contribution in [0.25, 0.3) is 11.1 Å². The van der Waals surface area contributed by atoms with Gasteiger partial charge in [-0.1, -0.05) is 86.1 Å². The molecule has 6 nitrogen and oxygen atoms in total. The monoisotopic (exact) mass is 540 g/mol. The van der Waals surface area contributed by atoms with E-state index in [9.17, 15) is 15.3 Å². The third kappa shape index (κ3) is 8.64. The molecule has 0 bridgehead atoms. The molecule has 0 radical (unpaired) electrons. The van der Waals surface area contributed by atoms with Crippen LogP contribution in [-0.4, -0.2) is 32.9 Å². The predicted molar refractivity (Wildman–Crippen MR) is 161 cm³/mol. The van der Waals surface area contributed by atoms with Gasteiger partial charge in [-0.05, 0) is 65.5 Å². The molecule has 39 heavy (non-hydrogen) atoms. The lowest BCUT2D eigenvalue weighted by atomic mass is 9.81. The van der Waals surface area contributed by atoms with Gasteiger partial charge in [-0.2, -0.15) is 0 Å². The summed E-state index contributed by atoms with van der Waals surface area (Å²) in [6.07, 6.45) is 0. The highest BCUT2D eigenvalue weighted by atomic mass is 17.0. The Labute approximate surface area is 234 Å². The normalized spacial score (nSPS) is 11.6. The predicted octanol–water partition coefficient (Wildman–Crippen LogP) is 8.69. The minimum Gasteiger partial charge on any atom is -0.508 e. The third-order valence-corrected chi connectivity index (χ3v) is 6.44. The maximum absolute atomic E-state index is 10.9. The van der Waals surface area contributed by atoms with Crippen LogP contribution in [0.3, 0.4) is 0 Å². The topological polar surface area (TPSA) is 110 Å². The standard InChI is InChI=1S/C22H30O3.C11H16O.H2O2/c1-13-9-15(19(23)17(10-13)21(2,3)4)16-11-14(25-8)12-18(20(16)24)22(5,6)7;1-8-5-6-10(12)9(7-8)11(2,3)4;1-2/h9-12,23-24H,1-8H3;5-7,12H,1-4H3;1-2H.